The number of carbonyl (C=O) groups is 1. The lowest BCUT2D eigenvalue weighted by atomic mass is 9.83. The third kappa shape index (κ3) is 3.30. The average molecular weight is 233 g/mol. The number of nitrogens with one attached hydrogen (secondary N) is 1. The number of rotatable bonds is 5. The van der Waals surface area contributed by atoms with E-state index in [9.17, 15) is 9.90 Å². The molecule has 17 heavy (non-hydrogen) atoms. The Labute approximate surface area is 102 Å². The van der Waals surface area contributed by atoms with Crippen LogP contribution in [0.2, 0.25) is 0 Å². The maximum absolute atomic E-state index is 11.8. The van der Waals surface area contributed by atoms with Crippen molar-refractivity contribution in [1.82, 2.24) is 5.32 Å². The normalized spacial score (nSPS) is 17.2. The Balaban J connectivity index is 1.88. The molecule has 0 spiro atoms. The molecule has 1 saturated carbocycles. The van der Waals surface area contributed by atoms with Gasteiger partial charge < -0.3 is 10.4 Å². The minimum atomic E-state index is -0.274. The number of aliphatic hydroxyl groups excluding tert-OH is 1. The van der Waals surface area contributed by atoms with Crippen LogP contribution in [0.15, 0.2) is 30.3 Å². The van der Waals surface area contributed by atoms with Gasteiger partial charge >= 0.3 is 0 Å². The summed E-state index contributed by atoms with van der Waals surface area (Å²) in [6.45, 7) is -0.0551. The Morgan fingerprint density at radius 3 is 2.59 bits per heavy atom. The molecule has 3 heteroatoms. The van der Waals surface area contributed by atoms with Crippen LogP contribution in [0.25, 0.3) is 0 Å². The summed E-state index contributed by atoms with van der Waals surface area (Å²) in [4.78, 5) is 11.8. The molecule has 2 N–H and O–H groups in total. The van der Waals surface area contributed by atoms with Gasteiger partial charge in [0.2, 0.25) is 5.91 Å². The van der Waals surface area contributed by atoms with Gasteiger partial charge in [-0.25, -0.2) is 0 Å². The van der Waals surface area contributed by atoms with Crippen LogP contribution in [-0.4, -0.2) is 17.6 Å². The summed E-state index contributed by atoms with van der Waals surface area (Å²) in [6.07, 6.45) is 4.19. The van der Waals surface area contributed by atoms with Crippen LogP contribution < -0.4 is 5.32 Å². The van der Waals surface area contributed by atoms with Gasteiger partial charge in [-0.2, -0.15) is 0 Å². The van der Waals surface area contributed by atoms with E-state index in [-0.39, 0.29) is 18.6 Å². The van der Waals surface area contributed by atoms with Crippen LogP contribution in [0.4, 0.5) is 0 Å². The van der Waals surface area contributed by atoms with E-state index in [1.807, 2.05) is 30.3 Å². The highest BCUT2D eigenvalue weighted by Crippen LogP contribution is 2.29. The van der Waals surface area contributed by atoms with Crippen molar-refractivity contribution in [2.24, 2.45) is 5.92 Å². The van der Waals surface area contributed by atoms with Gasteiger partial charge in [0.05, 0.1) is 12.6 Å². The first-order valence-electron chi connectivity index (χ1n) is 6.24. The lowest BCUT2D eigenvalue weighted by Gasteiger charge is -2.25. The second kappa shape index (κ2) is 5.82. The molecule has 1 unspecified atom stereocenters. The Morgan fingerprint density at radius 1 is 1.35 bits per heavy atom. The molecule has 0 bridgehead atoms. The van der Waals surface area contributed by atoms with Crippen LogP contribution in [0, 0.1) is 5.92 Å². The molecule has 1 aromatic carbocycles. The Hall–Kier alpha value is -1.35. The number of amides is 1. The van der Waals surface area contributed by atoms with E-state index in [0.717, 1.165) is 5.56 Å². The van der Waals surface area contributed by atoms with Crippen LogP contribution >= 0.6 is 0 Å². The Bertz CT molecular complexity index is 360. The molecule has 1 aromatic rings. The number of hydrogen-bond acceptors (Lipinski definition) is 2. The van der Waals surface area contributed by atoms with Gasteiger partial charge in [-0.3, -0.25) is 4.79 Å². The molecule has 0 heterocycles. The van der Waals surface area contributed by atoms with Crippen molar-refractivity contribution in [1.29, 1.82) is 0 Å². The zero-order valence-corrected chi connectivity index (χ0v) is 9.93. The van der Waals surface area contributed by atoms with Crippen molar-refractivity contribution < 1.29 is 9.90 Å². The number of hydrogen-bond donors (Lipinski definition) is 2. The molecule has 92 valence electrons. The average Bonchev–Trinajstić information content (AvgIpc) is 2.32. The molecule has 1 atom stereocenters. The summed E-state index contributed by atoms with van der Waals surface area (Å²) in [5.41, 5.74) is 0.956. The van der Waals surface area contributed by atoms with Crippen molar-refractivity contribution in [3.05, 3.63) is 35.9 Å². The molecule has 1 amide bonds. The molecule has 3 nitrogen and oxygen atoms in total. The molecular weight excluding hydrogens is 214 g/mol. The van der Waals surface area contributed by atoms with E-state index >= 15 is 0 Å². The van der Waals surface area contributed by atoms with Gasteiger partial charge in [-0.15, -0.1) is 0 Å². The summed E-state index contributed by atoms with van der Waals surface area (Å²) in [5, 5.41) is 12.2. The zero-order valence-electron chi connectivity index (χ0n) is 9.93. The van der Waals surface area contributed by atoms with E-state index in [0.29, 0.717) is 12.3 Å². The van der Waals surface area contributed by atoms with Gasteiger partial charge in [-0.1, -0.05) is 36.8 Å². The van der Waals surface area contributed by atoms with Gasteiger partial charge in [0.25, 0.3) is 0 Å². The first-order valence-corrected chi connectivity index (χ1v) is 6.24. The summed E-state index contributed by atoms with van der Waals surface area (Å²) >= 11 is 0. The fourth-order valence-corrected chi connectivity index (χ4v) is 2.13. The predicted octanol–water partition coefficient (Wildman–Crippen LogP) is 2.03. The highest BCUT2D eigenvalue weighted by molar-refractivity contribution is 5.76. The van der Waals surface area contributed by atoms with E-state index < -0.39 is 0 Å². The Kier molecular flexibility index (Phi) is 4.15. The van der Waals surface area contributed by atoms with E-state index in [4.69, 9.17) is 0 Å². The number of aliphatic hydroxyl groups is 1. The number of benzene rings is 1. The molecule has 1 aliphatic carbocycles. The van der Waals surface area contributed by atoms with Crippen LogP contribution in [0.5, 0.6) is 0 Å². The lowest BCUT2D eigenvalue weighted by Crippen LogP contribution is -2.33. The maximum atomic E-state index is 11.8. The standard InChI is InChI=1S/C14H19NO2/c16-10-13(12-7-2-1-3-8-12)15-14(17)9-11-5-4-6-11/h1-3,7-8,11,13,16H,4-6,9-10H2,(H,15,17). The molecule has 0 aromatic heterocycles. The smallest absolute Gasteiger partial charge is 0.220 e. The van der Waals surface area contributed by atoms with E-state index in [1.165, 1.54) is 19.3 Å². The van der Waals surface area contributed by atoms with Crippen LogP contribution in [0.3, 0.4) is 0 Å². The topological polar surface area (TPSA) is 49.3 Å². The summed E-state index contributed by atoms with van der Waals surface area (Å²) < 4.78 is 0. The minimum Gasteiger partial charge on any atom is -0.394 e. The summed E-state index contributed by atoms with van der Waals surface area (Å²) in [5.74, 6) is 0.614. The molecule has 1 aliphatic rings. The van der Waals surface area contributed by atoms with Gasteiger partial charge in [0, 0.05) is 6.42 Å². The number of carbonyl (C=O) groups excluding carboxylic acids is 1. The second-order valence-corrected chi connectivity index (χ2v) is 4.71. The van der Waals surface area contributed by atoms with Crippen molar-refractivity contribution >= 4 is 5.91 Å². The highest BCUT2D eigenvalue weighted by atomic mass is 16.3. The quantitative estimate of drug-likeness (QED) is 0.817. The van der Waals surface area contributed by atoms with Crippen molar-refractivity contribution in [3.63, 3.8) is 0 Å². The van der Waals surface area contributed by atoms with Crippen molar-refractivity contribution in [3.8, 4) is 0 Å². The summed E-state index contributed by atoms with van der Waals surface area (Å²) in [7, 11) is 0. The SMILES string of the molecule is O=C(CC1CCC1)NC(CO)c1ccccc1. The first-order chi connectivity index (χ1) is 8.29. The monoisotopic (exact) mass is 233 g/mol. The van der Waals surface area contributed by atoms with Gasteiger partial charge in [-0.05, 0) is 24.3 Å². The summed E-state index contributed by atoms with van der Waals surface area (Å²) in [6, 6.07) is 9.32. The van der Waals surface area contributed by atoms with Crippen LogP contribution in [-0.2, 0) is 4.79 Å². The fourth-order valence-electron chi connectivity index (χ4n) is 2.13. The van der Waals surface area contributed by atoms with Crippen molar-refractivity contribution in [2.45, 2.75) is 31.7 Å². The fraction of sp³-hybridized carbons (Fsp3) is 0.500. The van der Waals surface area contributed by atoms with E-state index in [1.54, 1.807) is 0 Å². The predicted molar refractivity (Wildman–Crippen MR) is 66.4 cm³/mol. The lowest BCUT2D eigenvalue weighted by molar-refractivity contribution is -0.123. The molecule has 0 aliphatic heterocycles. The second-order valence-electron chi connectivity index (χ2n) is 4.71. The minimum absolute atomic E-state index is 0.0533. The maximum Gasteiger partial charge on any atom is 0.220 e. The third-order valence-electron chi connectivity index (χ3n) is 3.42. The van der Waals surface area contributed by atoms with Crippen molar-refractivity contribution in [2.75, 3.05) is 6.61 Å². The largest absolute Gasteiger partial charge is 0.394 e. The molecule has 0 radical (unpaired) electrons. The third-order valence-corrected chi connectivity index (χ3v) is 3.42. The zero-order chi connectivity index (χ0) is 12.1. The Morgan fingerprint density at radius 2 is 2.06 bits per heavy atom. The van der Waals surface area contributed by atoms with Gasteiger partial charge in [0.1, 0.15) is 0 Å². The molecule has 2 rings (SSSR count). The molecule has 1 fully saturated rings. The van der Waals surface area contributed by atoms with Crippen LogP contribution in [0.1, 0.15) is 37.3 Å². The molecule has 0 saturated heterocycles. The highest BCUT2D eigenvalue weighted by Gasteiger charge is 2.22. The van der Waals surface area contributed by atoms with Gasteiger partial charge in [0.15, 0.2) is 0 Å². The van der Waals surface area contributed by atoms with E-state index in [2.05, 4.69) is 5.32 Å². The first kappa shape index (κ1) is 12.1. The molecular formula is C14H19NO2.